The third-order valence-corrected chi connectivity index (χ3v) is 2.93. The lowest BCUT2D eigenvalue weighted by Gasteiger charge is -2.07. The van der Waals surface area contributed by atoms with Crippen LogP contribution in [0, 0.1) is 0 Å². The second kappa shape index (κ2) is 6.17. The van der Waals surface area contributed by atoms with E-state index in [1.807, 2.05) is 0 Å². The number of rotatable bonds is 5. The van der Waals surface area contributed by atoms with Gasteiger partial charge in [-0.15, -0.1) is 0 Å². The molecule has 0 atom stereocenters. The molecule has 0 aliphatic heterocycles. The van der Waals surface area contributed by atoms with Gasteiger partial charge in [0.15, 0.2) is 18.6 Å². The van der Waals surface area contributed by atoms with Gasteiger partial charge in [0.05, 0.1) is 7.11 Å². The Morgan fingerprint density at radius 3 is 2.86 bits per heavy atom. The van der Waals surface area contributed by atoms with Gasteiger partial charge < -0.3 is 18.6 Å². The van der Waals surface area contributed by atoms with Crippen LogP contribution in [0.3, 0.4) is 0 Å². The van der Waals surface area contributed by atoms with Crippen LogP contribution in [-0.4, -0.2) is 24.7 Å². The highest BCUT2D eigenvalue weighted by molar-refractivity contribution is 5.78. The van der Waals surface area contributed by atoms with Crippen molar-refractivity contribution in [3.63, 3.8) is 0 Å². The third kappa shape index (κ3) is 3.17. The number of carbonyl (C=O) groups is 1. The fourth-order valence-electron chi connectivity index (χ4n) is 1.90. The largest absolute Gasteiger partial charge is 0.497 e. The highest BCUT2D eigenvalue weighted by Crippen LogP contribution is 2.21. The minimum atomic E-state index is -0.509. The van der Waals surface area contributed by atoms with Gasteiger partial charge in [0.2, 0.25) is 0 Å². The van der Waals surface area contributed by atoms with Crippen LogP contribution in [-0.2, 0) is 4.79 Å². The SMILES string of the molecule is COc1cccc(OCC(=O)Oc2ccc3ocnc3c2)c1. The fraction of sp³-hybridized carbons (Fsp3) is 0.125. The van der Waals surface area contributed by atoms with E-state index in [9.17, 15) is 4.79 Å². The van der Waals surface area contributed by atoms with Gasteiger partial charge in [0.1, 0.15) is 22.8 Å². The van der Waals surface area contributed by atoms with Crippen molar-refractivity contribution in [2.45, 2.75) is 0 Å². The van der Waals surface area contributed by atoms with Gasteiger partial charge in [-0.3, -0.25) is 0 Å². The van der Waals surface area contributed by atoms with E-state index in [0.29, 0.717) is 28.3 Å². The second-order valence-corrected chi connectivity index (χ2v) is 4.42. The number of oxazole rings is 1. The first-order chi connectivity index (χ1) is 10.7. The van der Waals surface area contributed by atoms with Crippen molar-refractivity contribution in [1.82, 2.24) is 4.98 Å². The number of hydrogen-bond donors (Lipinski definition) is 0. The minimum Gasteiger partial charge on any atom is -0.497 e. The molecule has 0 aliphatic rings. The number of benzene rings is 2. The lowest BCUT2D eigenvalue weighted by atomic mass is 10.3. The number of aromatic nitrogens is 1. The standard InChI is InChI=1S/C16H13NO5/c1-19-11-3-2-4-12(7-11)20-9-16(18)22-13-5-6-15-14(8-13)17-10-21-15/h2-8,10H,9H2,1H3. The van der Waals surface area contributed by atoms with Gasteiger partial charge in [-0.2, -0.15) is 0 Å². The Bertz CT molecular complexity index is 796. The van der Waals surface area contributed by atoms with E-state index in [4.69, 9.17) is 18.6 Å². The van der Waals surface area contributed by atoms with Crippen LogP contribution in [0.25, 0.3) is 11.1 Å². The Labute approximate surface area is 126 Å². The topological polar surface area (TPSA) is 70.8 Å². The van der Waals surface area contributed by atoms with Crippen LogP contribution in [0.4, 0.5) is 0 Å². The summed E-state index contributed by atoms with van der Waals surface area (Å²) in [4.78, 5) is 15.8. The molecule has 1 heterocycles. The fourth-order valence-corrected chi connectivity index (χ4v) is 1.90. The molecule has 2 aromatic carbocycles. The van der Waals surface area contributed by atoms with Gasteiger partial charge in [-0.1, -0.05) is 6.07 Å². The van der Waals surface area contributed by atoms with E-state index in [-0.39, 0.29) is 6.61 Å². The van der Waals surface area contributed by atoms with Crippen molar-refractivity contribution in [1.29, 1.82) is 0 Å². The lowest BCUT2D eigenvalue weighted by molar-refractivity contribution is -0.136. The molecule has 3 rings (SSSR count). The Balaban J connectivity index is 1.59. The van der Waals surface area contributed by atoms with Gasteiger partial charge in [0, 0.05) is 12.1 Å². The van der Waals surface area contributed by atoms with Crippen LogP contribution >= 0.6 is 0 Å². The summed E-state index contributed by atoms with van der Waals surface area (Å²) in [6.45, 7) is -0.204. The molecule has 0 spiro atoms. The van der Waals surface area contributed by atoms with Crippen LogP contribution in [0.5, 0.6) is 17.2 Å². The predicted octanol–water partition coefficient (Wildman–Crippen LogP) is 2.82. The zero-order chi connectivity index (χ0) is 15.4. The quantitative estimate of drug-likeness (QED) is 0.533. The molecule has 0 unspecified atom stereocenters. The summed E-state index contributed by atoms with van der Waals surface area (Å²) in [5, 5.41) is 0. The maximum atomic E-state index is 11.8. The molecular weight excluding hydrogens is 286 g/mol. The maximum Gasteiger partial charge on any atom is 0.349 e. The highest BCUT2D eigenvalue weighted by atomic mass is 16.6. The Kier molecular flexibility index (Phi) is 3.91. The number of nitrogens with zero attached hydrogens (tertiary/aromatic N) is 1. The lowest BCUT2D eigenvalue weighted by Crippen LogP contribution is -2.17. The molecule has 0 saturated carbocycles. The van der Waals surface area contributed by atoms with Crippen molar-refractivity contribution in [3.05, 3.63) is 48.9 Å². The third-order valence-electron chi connectivity index (χ3n) is 2.93. The number of methoxy groups -OCH3 is 1. The van der Waals surface area contributed by atoms with Gasteiger partial charge in [-0.25, -0.2) is 9.78 Å². The minimum absolute atomic E-state index is 0.204. The van der Waals surface area contributed by atoms with Gasteiger partial charge >= 0.3 is 5.97 Å². The zero-order valence-corrected chi connectivity index (χ0v) is 11.8. The number of hydrogen-bond acceptors (Lipinski definition) is 6. The van der Waals surface area contributed by atoms with Crippen LogP contribution < -0.4 is 14.2 Å². The van der Waals surface area contributed by atoms with Crippen molar-refractivity contribution in [2.75, 3.05) is 13.7 Å². The Morgan fingerprint density at radius 2 is 2.00 bits per heavy atom. The monoisotopic (exact) mass is 299 g/mol. The molecule has 0 N–H and O–H groups in total. The molecule has 0 fully saturated rings. The summed E-state index contributed by atoms with van der Waals surface area (Å²) < 4.78 is 20.8. The Hall–Kier alpha value is -3.02. The van der Waals surface area contributed by atoms with Crippen LogP contribution in [0.1, 0.15) is 0 Å². The first-order valence-electron chi connectivity index (χ1n) is 6.55. The summed E-state index contributed by atoms with van der Waals surface area (Å²) in [7, 11) is 1.56. The van der Waals surface area contributed by atoms with Gasteiger partial charge in [-0.05, 0) is 24.3 Å². The average molecular weight is 299 g/mol. The molecule has 6 nitrogen and oxygen atoms in total. The molecular formula is C16H13NO5. The molecule has 0 bridgehead atoms. The molecule has 0 amide bonds. The molecule has 0 aliphatic carbocycles. The molecule has 3 aromatic rings. The van der Waals surface area contributed by atoms with E-state index < -0.39 is 5.97 Å². The number of fused-ring (bicyclic) bond motifs is 1. The normalized spacial score (nSPS) is 10.4. The highest BCUT2D eigenvalue weighted by Gasteiger charge is 2.08. The van der Waals surface area contributed by atoms with Crippen molar-refractivity contribution >= 4 is 17.1 Å². The summed E-state index contributed by atoms with van der Waals surface area (Å²) in [5.41, 5.74) is 1.26. The van der Waals surface area contributed by atoms with E-state index in [2.05, 4.69) is 4.98 Å². The molecule has 0 radical (unpaired) electrons. The van der Waals surface area contributed by atoms with Crippen LogP contribution in [0.2, 0.25) is 0 Å². The maximum absolute atomic E-state index is 11.8. The summed E-state index contributed by atoms with van der Waals surface area (Å²) in [6, 6.07) is 11.9. The summed E-state index contributed by atoms with van der Waals surface area (Å²) in [5.74, 6) is 1.07. The van der Waals surface area contributed by atoms with E-state index in [1.165, 1.54) is 6.39 Å². The Morgan fingerprint density at radius 1 is 1.14 bits per heavy atom. The van der Waals surface area contributed by atoms with Crippen molar-refractivity contribution in [3.8, 4) is 17.2 Å². The van der Waals surface area contributed by atoms with Gasteiger partial charge in [0.25, 0.3) is 0 Å². The number of carbonyl (C=O) groups excluding carboxylic acids is 1. The summed E-state index contributed by atoms with van der Waals surface area (Å²) >= 11 is 0. The van der Waals surface area contributed by atoms with Crippen LogP contribution in [0.15, 0.2) is 53.3 Å². The van der Waals surface area contributed by atoms with E-state index >= 15 is 0 Å². The first kappa shape index (κ1) is 13.9. The average Bonchev–Trinajstić information content (AvgIpc) is 3.01. The molecule has 112 valence electrons. The van der Waals surface area contributed by atoms with E-state index in [0.717, 1.165) is 0 Å². The molecule has 1 aromatic heterocycles. The van der Waals surface area contributed by atoms with E-state index in [1.54, 1.807) is 49.6 Å². The van der Waals surface area contributed by atoms with Crippen molar-refractivity contribution < 1.29 is 23.4 Å². The predicted molar refractivity (Wildman–Crippen MR) is 78.1 cm³/mol. The molecule has 0 saturated heterocycles. The zero-order valence-electron chi connectivity index (χ0n) is 11.8. The molecule has 6 heteroatoms. The second-order valence-electron chi connectivity index (χ2n) is 4.42. The molecule has 22 heavy (non-hydrogen) atoms. The first-order valence-corrected chi connectivity index (χ1v) is 6.55. The number of ether oxygens (including phenoxy) is 3. The summed E-state index contributed by atoms with van der Waals surface area (Å²) in [6.07, 6.45) is 1.34. The smallest absolute Gasteiger partial charge is 0.349 e. The van der Waals surface area contributed by atoms with Crippen molar-refractivity contribution in [2.24, 2.45) is 0 Å². The number of esters is 1.